The van der Waals surface area contributed by atoms with Crippen molar-refractivity contribution < 1.29 is 0 Å². The van der Waals surface area contributed by atoms with Crippen molar-refractivity contribution in [2.45, 2.75) is 23.0 Å². The fourth-order valence-electron chi connectivity index (χ4n) is 1.50. The predicted octanol–water partition coefficient (Wildman–Crippen LogP) is 2.90. The van der Waals surface area contributed by atoms with Crippen LogP contribution >= 0.6 is 23.4 Å². The molecule has 2 rings (SSSR count). The van der Waals surface area contributed by atoms with Gasteiger partial charge in [-0.3, -0.25) is 0 Å². The number of hydrogen-bond acceptors (Lipinski definition) is 4. The molecule has 0 bridgehead atoms. The minimum absolute atomic E-state index is 0.288. The Morgan fingerprint density at radius 3 is 2.78 bits per heavy atom. The standard InChI is InChI=1S/C12H15ClN4S/c1-8(14-2)9-4-5-11(10(13)6-9)18-12-16-15-7-17(12)3/h4-8,14H,1-3H3. The minimum Gasteiger partial charge on any atom is -0.313 e. The second kappa shape index (κ2) is 5.73. The number of aryl methyl sites for hydroxylation is 1. The summed E-state index contributed by atoms with van der Waals surface area (Å²) in [6.07, 6.45) is 1.67. The van der Waals surface area contributed by atoms with Gasteiger partial charge < -0.3 is 9.88 Å². The molecule has 18 heavy (non-hydrogen) atoms. The van der Waals surface area contributed by atoms with Crippen LogP contribution in [0.4, 0.5) is 0 Å². The van der Waals surface area contributed by atoms with E-state index in [2.05, 4.69) is 28.5 Å². The van der Waals surface area contributed by atoms with Crippen molar-refractivity contribution in [1.29, 1.82) is 0 Å². The van der Waals surface area contributed by atoms with E-state index < -0.39 is 0 Å². The first kappa shape index (κ1) is 13.4. The number of nitrogens with one attached hydrogen (secondary N) is 1. The van der Waals surface area contributed by atoms with Gasteiger partial charge in [0.15, 0.2) is 5.16 Å². The van der Waals surface area contributed by atoms with Gasteiger partial charge in [-0.05, 0) is 43.4 Å². The van der Waals surface area contributed by atoms with E-state index in [1.807, 2.05) is 30.8 Å². The van der Waals surface area contributed by atoms with Crippen LogP contribution < -0.4 is 5.32 Å². The average molecular weight is 283 g/mol. The molecular weight excluding hydrogens is 268 g/mol. The summed E-state index contributed by atoms with van der Waals surface area (Å²) in [7, 11) is 3.84. The molecule has 0 aliphatic carbocycles. The molecule has 1 atom stereocenters. The second-order valence-corrected chi connectivity index (χ2v) is 5.44. The molecule has 1 unspecified atom stereocenters. The first-order valence-corrected chi connectivity index (χ1v) is 6.80. The molecule has 0 radical (unpaired) electrons. The molecule has 0 amide bonds. The number of aromatic nitrogens is 3. The molecule has 1 aromatic heterocycles. The van der Waals surface area contributed by atoms with Crippen LogP contribution in [-0.4, -0.2) is 21.8 Å². The van der Waals surface area contributed by atoms with Crippen molar-refractivity contribution in [3.63, 3.8) is 0 Å². The van der Waals surface area contributed by atoms with Crippen molar-refractivity contribution in [2.75, 3.05) is 7.05 Å². The van der Waals surface area contributed by atoms with Gasteiger partial charge in [-0.15, -0.1) is 10.2 Å². The summed E-state index contributed by atoms with van der Waals surface area (Å²) in [5.41, 5.74) is 1.17. The number of hydrogen-bond donors (Lipinski definition) is 1. The molecule has 0 aliphatic rings. The summed E-state index contributed by atoms with van der Waals surface area (Å²) < 4.78 is 1.87. The van der Waals surface area contributed by atoms with Crippen molar-refractivity contribution in [1.82, 2.24) is 20.1 Å². The van der Waals surface area contributed by atoms with E-state index in [0.29, 0.717) is 0 Å². The molecule has 1 N–H and O–H groups in total. The Labute approximate surface area is 116 Å². The molecular formula is C12H15ClN4S. The van der Waals surface area contributed by atoms with Crippen LogP contribution in [0.3, 0.4) is 0 Å². The van der Waals surface area contributed by atoms with E-state index in [1.165, 1.54) is 17.3 Å². The normalized spacial score (nSPS) is 12.7. The first-order chi connectivity index (χ1) is 8.61. The Kier molecular flexibility index (Phi) is 4.27. The molecule has 1 heterocycles. The molecule has 0 spiro atoms. The van der Waals surface area contributed by atoms with E-state index in [-0.39, 0.29) is 6.04 Å². The maximum Gasteiger partial charge on any atom is 0.195 e. The van der Waals surface area contributed by atoms with Gasteiger partial charge in [0.2, 0.25) is 0 Å². The zero-order valence-corrected chi connectivity index (χ0v) is 12.1. The smallest absolute Gasteiger partial charge is 0.195 e. The van der Waals surface area contributed by atoms with E-state index in [0.717, 1.165) is 15.1 Å². The van der Waals surface area contributed by atoms with Gasteiger partial charge >= 0.3 is 0 Å². The van der Waals surface area contributed by atoms with Gasteiger partial charge in [0.25, 0.3) is 0 Å². The van der Waals surface area contributed by atoms with Gasteiger partial charge in [0, 0.05) is 18.0 Å². The van der Waals surface area contributed by atoms with Gasteiger partial charge in [-0.1, -0.05) is 17.7 Å². The quantitative estimate of drug-likeness (QED) is 0.936. The maximum absolute atomic E-state index is 6.29. The van der Waals surface area contributed by atoms with E-state index in [1.54, 1.807) is 6.33 Å². The number of rotatable bonds is 4. The molecule has 96 valence electrons. The Morgan fingerprint density at radius 1 is 1.44 bits per heavy atom. The third-order valence-corrected chi connectivity index (χ3v) is 4.31. The highest BCUT2D eigenvalue weighted by molar-refractivity contribution is 7.99. The van der Waals surface area contributed by atoms with Crippen LogP contribution in [0.1, 0.15) is 18.5 Å². The molecule has 0 saturated heterocycles. The summed E-state index contributed by atoms with van der Waals surface area (Å²) in [5, 5.41) is 12.6. The van der Waals surface area contributed by atoms with E-state index >= 15 is 0 Å². The Morgan fingerprint density at radius 2 is 2.22 bits per heavy atom. The highest BCUT2D eigenvalue weighted by Crippen LogP contribution is 2.33. The largest absolute Gasteiger partial charge is 0.313 e. The topological polar surface area (TPSA) is 42.7 Å². The van der Waals surface area contributed by atoms with Crippen molar-refractivity contribution in [2.24, 2.45) is 7.05 Å². The lowest BCUT2D eigenvalue weighted by Gasteiger charge is -2.12. The van der Waals surface area contributed by atoms with Crippen LogP contribution in [0.2, 0.25) is 5.02 Å². The first-order valence-electron chi connectivity index (χ1n) is 5.60. The molecule has 0 saturated carbocycles. The van der Waals surface area contributed by atoms with Crippen LogP contribution in [0.5, 0.6) is 0 Å². The SMILES string of the molecule is CNC(C)c1ccc(Sc2nncn2C)c(Cl)c1. The molecule has 1 aromatic carbocycles. The number of nitrogens with zero attached hydrogens (tertiary/aromatic N) is 3. The molecule has 0 aliphatic heterocycles. The lowest BCUT2D eigenvalue weighted by Crippen LogP contribution is -2.12. The van der Waals surface area contributed by atoms with Gasteiger partial charge in [-0.2, -0.15) is 0 Å². The number of halogens is 1. The van der Waals surface area contributed by atoms with Gasteiger partial charge in [0.1, 0.15) is 6.33 Å². The fraction of sp³-hybridized carbons (Fsp3) is 0.333. The summed E-state index contributed by atoms with van der Waals surface area (Å²) in [5.74, 6) is 0. The maximum atomic E-state index is 6.29. The summed E-state index contributed by atoms with van der Waals surface area (Å²) >= 11 is 7.81. The Balaban J connectivity index is 2.23. The summed E-state index contributed by atoms with van der Waals surface area (Å²) in [6.45, 7) is 2.10. The second-order valence-electron chi connectivity index (χ2n) is 4.03. The van der Waals surface area contributed by atoms with E-state index in [4.69, 9.17) is 11.6 Å². The molecule has 0 fully saturated rings. The summed E-state index contributed by atoms with van der Waals surface area (Å²) in [6, 6.07) is 6.37. The third kappa shape index (κ3) is 2.85. The highest BCUT2D eigenvalue weighted by atomic mass is 35.5. The Bertz CT molecular complexity index is 541. The van der Waals surface area contributed by atoms with Crippen molar-refractivity contribution >= 4 is 23.4 Å². The van der Waals surface area contributed by atoms with Crippen LogP contribution in [-0.2, 0) is 7.05 Å². The lowest BCUT2D eigenvalue weighted by molar-refractivity contribution is 0.652. The van der Waals surface area contributed by atoms with Gasteiger partial charge in [-0.25, -0.2) is 0 Å². The van der Waals surface area contributed by atoms with E-state index in [9.17, 15) is 0 Å². The number of benzene rings is 1. The van der Waals surface area contributed by atoms with Crippen molar-refractivity contribution in [3.05, 3.63) is 35.1 Å². The predicted molar refractivity (Wildman–Crippen MR) is 74.1 cm³/mol. The third-order valence-electron chi connectivity index (χ3n) is 2.76. The molecule has 2 aromatic rings. The molecule has 4 nitrogen and oxygen atoms in total. The monoisotopic (exact) mass is 282 g/mol. The zero-order valence-electron chi connectivity index (χ0n) is 10.5. The van der Waals surface area contributed by atoms with Gasteiger partial charge in [0.05, 0.1) is 5.02 Å². The molecule has 6 heteroatoms. The van der Waals surface area contributed by atoms with Crippen LogP contribution in [0.25, 0.3) is 0 Å². The average Bonchev–Trinajstić information content (AvgIpc) is 2.76. The fourth-order valence-corrected chi connectivity index (χ4v) is 2.57. The minimum atomic E-state index is 0.288. The van der Waals surface area contributed by atoms with Crippen molar-refractivity contribution in [3.8, 4) is 0 Å². The van der Waals surface area contributed by atoms with Crippen LogP contribution in [0.15, 0.2) is 34.6 Å². The zero-order chi connectivity index (χ0) is 13.1. The Hall–Kier alpha value is -1.04. The lowest BCUT2D eigenvalue weighted by atomic mass is 10.1. The summed E-state index contributed by atoms with van der Waals surface area (Å²) in [4.78, 5) is 0.986. The van der Waals surface area contributed by atoms with Crippen LogP contribution in [0, 0.1) is 0 Å². The highest BCUT2D eigenvalue weighted by Gasteiger charge is 2.10.